The van der Waals surface area contributed by atoms with Crippen molar-refractivity contribution in [3.8, 4) is 0 Å². The van der Waals surface area contributed by atoms with Crippen LogP contribution in [0.2, 0.25) is 0 Å². The van der Waals surface area contributed by atoms with Crippen molar-refractivity contribution in [1.29, 1.82) is 0 Å². The van der Waals surface area contributed by atoms with E-state index in [1.54, 1.807) is 24.3 Å². The Labute approximate surface area is 226 Å². The molecular weight excluding hydrogens is 480 g/mol. The Hall–Kier alpha value is -3.10. The third-order valence-electron chi connectivity index (χ3n) is 8.01. The smallest absolute Gasteiger partial charge is 0.261 e. The van der Waals surface area contributed by atoms with Gasteiger partial charge in [0.25, 0.3) is 23.6 Å². The largest absolute Gasteiger partial charge is 0.328 e. The van der Waals surface area contributed by atoms with Crippen molar-refractivity contribution < 1.29 is 28.1 Å². The second-order valence-electron chi connectivity index (χ2n) is 12.1. The summed E-state index contributed by atoms with van der Waals surface area (Å²) in [4.78, 5) is 56.5. The third-order valence-corrected chi connectivity index (χ3v) is 8.01. The zero-order chi connectivity index (χ0) is 27.8. The maximum absolute atomic E-state index is 13.5. The van der Waals surface area contributed by atoms with Gasteiger partial charge in [-0.25, -0.2) is 0 Å². The van der Waals surface area contributed by atoms with Crippen LogP contribution in [0.4, 0.5) is 0 Å². The van der Waals surface area contributed by atoms with Crippen molar-refractivity contribution in [2.24, 2.45) is 0 Å². The molecule has 38 heavy (non-hydrogen) atoms. The highest BCUT2D eigenvalue weighted by atomic mass is 16.2. The fraction of sp³-hybridized carbons (Fsp3) is 0.533. The van der Waals surface area contributed by atoms with Crippen LogP contribution in [0.5, 0.6) is 0 Å². The summed E-state index contributed by atoms with van der Waals surface area (Å²) >= 11 is 0. The first-order valence-electron chi connectivity index (χ1n) is 13.9. The first-order chi connectivity index (χ1) is 17.9. The fourth-order valence-electron chi connectivity index (χ4n) is 6.13. The quantitative estimate of drug-likeness (QED) is 0.314. The molecule has 0 bridgehead atoms. The molecule has 0 aliphatic carbocycles. The summed E-state index contributed by atoms with van der Waals surface area (Å²) in [7, 11) is 8.62. The zero-order valence-corrected chi connectivity index (χ0v) is 23.8. The van der Waals surface area contributed by atoms with E-state index < -0.39 is 0 Å². The van der Waals surface area contributed by atoms with Crippen LogP contribution < -0.4 is 0 Å². The van der Waals surface area contributed by atoms with E-state index in [0.717, 1.165) is 48.0 Å². The zero-order valence-electron chi connectivity index (χ0n) is 23.8. The monoisotopic (exact) mass is 522 g/mol. The van der Waals surface area contributed by atoms with E-state index in [4.69, 9.17) is 0 Å². The van der Waals surface area contributed by atoms with E-state index >= 15 is 0 Å². The van der Waals surface area contributed by atoms with Gasteiger partial charge in [-0.3, -0.25) is 29.0 Å². The Bertz CT molecular complexity index is 1130. The number of imide groups is 2. The van der Waals surface area contributed by atoms with E-state index in [1.165, 1.54) is 9.80 Å². The van der Waals surface area contributed by atoms with Crippen LogP contribution in [0.1, 0.15) is 81.0 Å². The first-order valence-corrected chi connectivity index (χ1v) is 13.9. The van der Waals surface area contributed by atoms with E-state index in [1.807, 2.05) is 0 Å². The van der Waals surface area contributed by atoms with Gasteiger partial charge in [0.1, 0.15) is 0 Å². The van der Waals surface area contributed by atoms with Crippen LogP contribution in [0.25, 0.3) is 10.8 Å². The topological polar surface area (TPSA) is 74.8 Å². The number of rotatable bonds is 12. The highest BCUT2D eigenvalue weighted by molar-refractivity contribution is 6.33. The molecular formula is C30H42N4O4+2. The van der Waals surface area contributed by atoms with E-state index in [9.17, 15) is 19.2 Å². The van der Waals surface area contributed by atoms with E-state index in [0.29, 0.717) is 59.0 Å². The highest BCUT2D eigenvalue weighted by Gasteiger charge is 2.39. The minimum Gasteiger partial charge on any atom is -0.328 e. The van der Waals surface area contributed by atoms with Crippen molar-refractivity contribution >= 4 is 34.4 Å². The maximum Gasteiger partial charge on any atom is 0.261 e. The Morgan fingerprint density at radius 2 is 0.816 bits per heavy atom. The van der Waals surface area contributed by atoms with Crippen LogP contribution in [-0.4, -0.2) is 110 Å². The second kappa shape index (κ2) is 10.6. The predicted molar refractivity (Wildman–Crippen MR) is 148 cm³/mol. The first kappa shape index (κ1) is 27.9. The van der Waals surface area contributed by atoms with Gasteiger partial charge < -0.3 is 8.97 Å². The van der Waals surface area contributed by atoms with Gasteiger partial charge >= 0.3 is 0 Å². The SMILES string of the molecule is CCC[N+](C)(C)CCCN1C(=O)c2ccc3c4c(ccc(c24)C1=O)C(=O)N(CCC[N+](C)(C)CCC)C3=O. The molecule has 0 saturated carbocycles. The van der Waals surface area contributed by atoms with E-state index in [-0.39, 0.29) is 23.6 Å². The third kappa shape index (κ3) is 5.12. The number of hydrogen-bond donors (Lipinski definition) is 0. The highest BCUT2D eigenvalue weighted by Crippen LogP contribution is 2.38. The molecule has 204 valence electrons. The van der Waals surface area contributed by atoms with Gasteiger partial charge in [0.05, 0.1) is 54.4 Å². The number of carbonyl (C=O) groups excluding carboxylic acids is 4. The number of benzene rings is 2. The Morgan fingerprint density at radius 3 is 1.08 bits per heavy atom. The van der Waals surface area contributed by atoms with E-state index in [2.05, 4.69) is 42.0 Å². The average Bonchev–Trinajstić information content (AvgIpc) is 2.85. The van der Waals surface area contributed by atoms with Crippen molar-refractivity contribution in [2.45, 2.75) is 39.5 Å². The number of nitrogens with zero attached hydrogens (tertiary/aromatic N) is 4. The van der Waals surface area contributed by atoms with Crippen molar-refractivity contribution in [3.05, 3.63) is 46.5 Å². The molecule has 0 atom stereocenters. The second-order valence-corrected chi connectivity index (χ2v) is 12.1. The minimum absolute atomic E-state index is 0.339. The number of hydrogen-bond acceptors (Lipinski definition) is 4. The minimum atomic E-state index is -0.356. The lowest BCUT2D eigenvalue weighted by Gasteiger charge is -2.34. The van der Waals surface area contributed by atoms with Crippen molar-refractivity contribution in [3.63, 3.8) is 0 Å². The van der Waals surface area contributed by atoms with Gasteiger partial charge in [-0.15, -0.1) is 0 Å². The lowest BCUT2D eigenvalue weighted by Crippen LogP contribution is -2.46. The molecule has 2 aliphatic heterocycles. The maximum atomic E-state index is 13.5. The van der Waals surface area contributed by atoms with Gasteiger partial charge in [0.15, 0.2) is 0 Å². The molecule has 8 nitrogen and oxygen atoms in total. The number of carbonyl (C=O) groups is 4. The summed E-state index contributed by atoms with van der Waals surface area (Å²) in [6.45, 7) is 8.76. The molecule has 4 amide bonds. The van der Waals surface area contributed by atoms with Crippen LogP contribution in [0.3, 0.4) is 0 Å². The van der Waals surface area contributed by atoms with Crippen LogP contribution in [0, 0.1) is 0 Å². The molecule has 0 aromatic heterocycles. The van der Waals surface area contributed by atoms with Crippen LogP contribution in [-0.2, 0) is 0 Å². The lowest BCUT2D eigenvalue weighted by atomic mass is 9.86. The summed E-state index contributed by atoms with van der Waals surface area (Å²) in [6.07, 6.45) is 3.55. The van der Waals surface area contributed by atoms with Crippen LogP contribution in [0.15, 0.2) is 24.3 Å². The number of amides is 4. The van der Waals surface area contributed by atoms with Gasteiger partial charge in [0.2, 0.25) is 0 Å². The molecule has 0 saturated heterocycles. The Balaban J connectivity index is 1.60. The summed E-state index contributed by atoms with van der Waals surface area (Å²) in [5.74, 6) is -1.43. The molecule has 0 N–H and O–H groups in total. The van der Waals surface area contributed by atoms with Gasteiger partial charge in [0, 0.05) is 59.0 Å². The molecule has 2 aromatic carbocycles. The van der Waals surface area contributed by atoms with Gasteiger partial charge in [-0.2, -0.15) is 0 Å². The molecule has 8 heteroatoms. The normalized spacial score (nSPS) is 15.7. The molecule has 2 aromatic rings. The molecule has 0 radical (unpaired) electrons. The standard InChI is InChI=1S/C30H42N4O4/c1-7-17-33(3,4)19-9-15-31-27(35)21-11-13-23-26-24(14-12-22(25(21)26)28(31)36)30(38)32(29(23)37)16-10-20-34(5,6)18-8-2/h11-14H,7-10,15-20H2,1-6H3/q+2. The summed E-state index contributed by atoms with van der Waals surface area (Å²) in [5.41, 5.74) is 1.54. The number of quaternary nitrogens is 2. The summed E-state index contributed by atoms with van der Waals surface area (Å²) in [6, 6.07) is 6.60. The predicted octanol–water partition coefficient (Wildman–Crippen LogP) is 3.78. The van der Waals surface area contributed by atoms with Crippen molar-refractivity contribution in [2.75, 3.05) is 67.5 Å². The van der Waals surface area contributed by atoms with Crippen molar-refractivity contribution in [1.82, 2.24) is 9.80 Å². The molecule has 0 fully saturated rings. The fourth-order valence-corrected chi connectivity index (χ4v) is 6.13. The molecule has 2 aliphatic rings. The molecule has 4 rings (SSSR count). The molecule has 0 unspecified atom stereocenters. The Kier molecular flexibility index (Phi) is 7.77. The van der Waals surface area contributed by atoms with Crippen LogP contribution >= 0.6 is 0 Å². The Morgan fingerprint density at radius 1 is 0.526 bits per heavy atom. The van der Waals surface area contributed by atoms with Gasteiger partial charge in [-0.05, 0) is 37.1 Å². The molecule has 0 spiro atoms. The average molecular weight is 523 g/mol. The summed E-state index contributed by atoms with van der Waals surface area (Å²) in [5, 5.41) is 0.880. The molecule has 2 heterocycles. The lowest BCUT2D eigenvalue weighted by molar-refractivity contribution is -0.890. The van der Waals surface area contributed by atoms with Gasteiger partial charge in [-0.1, -0.05) is 13.8 Å². The summed E-state index contributed by atoms with van der Waals surface area (Å²) < 4.78 is 1.67.